The first-order valence-corrected chi connectivity index (χ1v) is 9.98. The van der Waals surface area contributed by atoms with Gasteiger partial charge in [0.25, 0.3) is 0 Å². The van der Waals surface area contributed by atoms with Gasteiger partial charge >= 0.3 is 6.18 Å². The molecule has 0 aliphatic heterocycles. The Hall–Kier alpha value is -1.81. The van der Waals surface area contributed by atoms with Crippen molar-refractivity contribution in [2.75, 3.05) is 25.4 Å². The lowest BCUT2D eigenvalue weighted by molar-refractivity contribution is -0.137. The van der Waals surface area contributed by atoms with Gasteiger partial charge in [-0.05, 0) is 38.0 Å². The molecule has 1 rings (SSSR count). The number of hydrogen-bond acceptors (Lipinski definition) is 3. The van der Waals surface area contributed by atoms with E-state index in [0.29, 0.717) is 37.6 Å². The first-order chi connectivity index (χ1) is 12.2. The van der Waals surface area contributed by atoms with Gasteiger partial charge in [-0.25, -0.2) is 18.1 Å². The van der Waals surface area contributed by atoms with Crippen molar-refractivity contribution in [1.29, 1.82) is 0 Å². The summed E-state index contributed by atoms with van der Waals surface area (Å²) in [4.78, 5) is 4.26. The summed E-state index contributed by atoms with van der Waals surface area (Å²) in [5, 5.41) is 6.02. The molecule has 0 saturated heterocycles. The van der Waals surface area contributed by atoms with Crippen molar-refractivity contribution in [2.24, 2.45) is 4.99 Å². The van der Waals surface area contributed by atoms with Crippen LogP contribution in [-0.2, 0) is 22.7 Å². The van der Waals surface area contributed by atoms with E-state index in [1.165, 1.54) is 6.07 Å². The number of sulfonamides is 1. The van der Waals surface area contributed by atoms with Crippen LogP contribution >= 0.6 is 0 Å². The van der Waals surface area contributed by atoms with Crippen LogP contribution in [0.5, 0.6) is 0 Å². The van der Waals surface area contributed by atoms with Crippen LogP contribution in [0.4, 0.5) is 13.2 Å². The van der Waals surface area contributed by atoms with Crippen molar-refractivity contribution < 1.29 is 21.6 Å². The molecule has 0 fully saturated rings. The van der Waals surface area contributed by atoms with Crippen LogP contribution in [0.15, 0.2) is 29.3 Å². The van der Waals surface area contributed by atoms with Crippen LogP contribution in [-0.4, -0.2) is 39.8 Å². The minimum absolute atomic E-state index is 0.0293. The van der Waals surface area contributed by atoms with Gasteiger partial charge in [0.1, 0.15) is 0 Å². The zero-order valence-electron chi connectivity index (χ0n) is 14.9. The minimum atomic E-state index is -4.38. The molecule has 0 aromatic heterocycles. The SMILES string of the molecule is CCNC(=NCc1cccc(C(F)(F)F)c1)NCCCNS(=O)(=O)CC. The molecule has 0 atom stereocenters. The van der Waals surface area contributed by atoms with Crippen LogP contribution in [0.1, 0.15) is 31.4 Å². The molecule has 0 unspecified atom stereocenters. The van der Waals surface area contributed by atoms with E-state index in [1.54, 1.807) is 13.0 Å². The quantitative estimate of drug-likeness (QED) is 0.340. The summed E-state index contributed by atoms with van der Waals surface area (Å²) >= 11 is 0. The number of alkyl halides is 3. The Labute approximate surface area is 152 Å². The summed E-state index contributed by atoms with van der Waals surface area (Å²) in [6.45, 7) is 4.90. The van der Waals surface area contributed by atoms with E-state index in [2.05, 4.69) is 20.3 Å². The smallest absolute Gasteiger partial charge is 0.357 e. The number of benzene rings is 1. The maximum absolute atomic E-state index is 12.7. The van der Waals surface area contributed by atoms with Gasteiger partial charge in [0.15, 0.2) is 5.96 Å². The number of rotatable bonds is 9. The number of guanidine groups is 1. The normalized spacial score (nSPS) is 12.9. The number of hydrogen-bond donors (Lipinski definition) is 3. The van der Waals surface area contributed by atoms with Crippen LogP contribution in [0.2, 0.25) is 0 Å². The summed E-state index contributed by atoms with van der Waals surface area (Å²) < 4.78 is 63.3. The highest BCUT2D eigenvalue weighted by Crippen LogP contribution is 2.29. The molecule has 3 N–H and O–H groups in total. The fourth-order valence-electron chi connectivity index (χ4n) is 1.98. The fourth-order valence-corrected chi connectivity index (χ4v) is 2.64. The predicted molar refractivity (Wildman–Crippen MR) is 96.3 cm³/mol. The van der Waals surface area contributed by atoms with E-state index in [1.807, 2.05) is 6.92 Å². The van der Waals surface area contributed by atoms with E-state index in [-0.39, 0.29) is 12.3 Å². The molecule has 10 heteroatoms. The van der Waals surface area contributed by atoms with E-state index in [9.17, 15) is 21.6 Å². The van der Waals surface area contributed by atoms with Crippen molar-refractivity contribution >= 4 is 16.0 Å². The Kier molecular flexibility index (Phi) is 8.86. The van der Waals surface area contributed by atoms with Crippen molar-refractivity contribution in [3.8, 4) is 0 Å². The second-order valence-electron chi connectivity index (χ2n) is 5.47. The maximum Gasteiger partial charge on any atom is 0.416 e. The van der Waals surface area contributed by atoms with Gasteiger partial charge in [-0.1, -0.05) is 12.1 Å². The van der Waals surface area contributed by atoms with Gasteiger partial charge in [-0.3, -0.25) is 0 Å². The standard InChI is InChI=1S/C16H25F3N4O2S/c1-3-20-15(21-9-6-10-23-26(24,25)4-2)22-12-13-7-5-8-14(11-13)16(17,18)19/h5,7-8,11,23H,3-4,6,9-10,12H2,1-2H3,(H2,20,21,22). The van der Waals surface area contributed by atoms with Crippen molar-refractivity contribution in [3.05, 3.63) is 35.4 Å². The predicted octanol–water partition coefficient (Wildman–Crippen LogP) is 2.09. The molecule has 0 radical (unpaired) electrons. The topological polar surface area (TPSA) is 82.6 Å². The molecule has 0 aliphatic rings. The molecular weight excluding hydrogens is 369 g/mol. The summed E-state index contributed by atoms with van der Waals surface area (Å²) in [5.41, 5.74) is -0.251. The zero-order chi connectivity index (χ0) is 19.6. The summed E-state index contributed by atoms with van der Waals surface area (Å²) in [6.07, 6.45) is -3.83. The number of aliphatic imine (C=N–C) groups is 1. The first-order valence-electron chi connectivity index (χ1n) is 8.33. The summed E-state index contributed by atoms with van der Waals surface area (Å²) in [6, 6.07) is 5.04. The van der Waals surface area contributed by atoms with E-state index in [4.69, 9.17) is 0 Å². The number of nitrogens with zero attached hydrogens (tertiary/aromatic N) is 1. The van der Waals surface area contributed by atoms with Gasteiger partial charge in [-0.2, -0.15) is 13.2 Å². The van der Waals surface area contributed by atoms with Crippen LogP contribution in [0.25, 0.3) is 0 Å². The molecule has 0 saturated carbocycles. The molecular formula is C16H25F3N4O2S. The second kappa shape index (κ2) is 10.4. The molecule has 0 bridgehead atoms. The second-order valence-corrected chi connectivity index (χ2v) is 7.57. The Morgan fingerprint density at radius 3 is 2.50 bits per heavy atom. The maximum atomic E-state index is 12.7. The van der Waals surface area contributed by atoms with Crippen LogP contribution in [0, 0.1) is 0 Å². The lowest BCUT2D eigenvalue weighted by Crippen LogP contribution is -2.38. The Morgan fingerprint density at radius 1 is 1.15 bits per heavy atom. The molecule has 148 valence electrons. The highest BCUT2D eigenvalue weighted by atomic mass is 32.2. The summed E-state index contributed by atoms with van der Waals surface area (Å²) in [5.74, 6) is 0.491. The zero-order valence-corrected chi connectivity index (χ0v) is 15.7. The monoisotopic (exact) mass is 394 g/mol. The summed E-state index contributed by atoms with van der Waals surface area (Å²) in [7, 11) is -3.21. The number of halogens is 3. The Balaban J connectivity index is 2.56. The van der Waals surface area contributed by atoms with E-state index >= 15 is 0 Å². The third-order valence-corrected chi connectivity index (χ3v) is 4.77. The highest BCUT2D eigenvalue weighted by Gasteiger charge is 2.30. The van der Waals surface area contributed by atoms with Crippen molar-refractivity contribution in [1.82, 2.24) is 15.4 Å². The van der Waals surface area contributed by atoms with Gasteiger partial charge in [0.05, 0.1) is 17.9 Å². The average molecular weight is 394 g/mol. The lowest BCUT2D eigenvalue weighted by atomic mass is 10.1. The molecule has 0 amide bonds. The van der Waals surface area contributed by atoms with E-state index < -0.39 is 21.8 Å². The third kappa shape index (κ3) is 8.52. The minimum Gasteiger partial charge on any atom is -0.357 e. The number of nitrogens with one attached hydrogen (secondary N) is 3. The van der Waals surface area contributed by atoms with E-state index in [0.717, 1.165) is 12.1 Å². The fraction of sp³-hybridized carbons (Fsp3) is 0.562. The third-order valence-electron chi connectivity index (χ3n) is 3.37. The highest BCUT2D eigenvalue weighted by molar-refractivity contribution is 7.89. The largest absolute Gasteiger partial charge is 0.416 e. The van der Waals surface area contributed by atoms with Gasteiger partial charge in [0, 0.05) is 19.6 Å². The average Bonchev–Trinajstić information content (AvgIpc) is 2.58. The van der Waals surface area contributed by atoms with Crippen LogP contribution in [0.3, 0.4) is 0 Å². The molecule has 0 spiro atoms. The van der Waals surface area contributed by atoms with Crippen molar-refractivity contribution in [3.63, 3.8) is 0 Å². The Bertz CT molecular complexity index is 691. The molecule has 6 nitrogen and oxygen atoms in total. The van der Waals surface area contributed by atoms with Gasteiger partial charge in [-0.15, -0.1) is 0 Å². The van der Waals surface area contributed by atoms with Crippen molar-refractivity contribution in [2.45, 2.75) is 33.0 Å². The van der Waals surface area contributed by atoms with Gasteiger partial charge < -0.3 is 10.6 Å². The molecule has 1 aromatic rings. The first kappa shape index (κ1) is 22.2. The molecule has 26 heavy (non-hydrogen) atoms. The molecule has 0 heterocycles. The Morgan fingerprint density at radius 2 is 1.88 bits per heavy atom. The molecule has 1 aromatic carbocycles. The lowest BCUT2D eigenvalue weighted by Gasteiger charge is -2.12. The van der Waals surface area contributed by atoms with Crippen LogP contribution < -0.4 is 15.4 Å². The molecule has 0 aliphatic carbocycles. The van der Waals surface area contributed by atoms with Gasteiger partial charge in [0.2, 0.25) is 10.0 Å².